The van der Waals surface area contributed by atoms with Crippen molar-refractivity contribution < 1.29 is 12.8 Å². The summed E-state index contributed by atoms with van der Waals surface area (Å²) in [6.07, 6.45) is 1.99. The van der Waals surface area contributed by atoms with Crippen LogP contribution in [0.5, 0.6) is 0 Å². The molecule has 0 atom stereocenters. The summed E-state index contributed by atoms with van der Waals surface area (Å²) in [7, 11) is -3.48. The van der Waals surface area contributed by atoms with Crippen LogP contribution in [0.4, 0.5) is 0 Å². The first-order valence-electron chi connectivity index (χ1n) is 6.94. The standard InChI is InChI=1S/C16H16N2O3S/c1-12-4-2-3-5-16(12)22(19,20)18-9-8-13-6-7-15-14(10-13)17-11-21-15/h2-7,10-11,18H,8-9H2,1H3. The summed E-state index contributed by atoms with van der Waals surface area (Å²) in [4.78, 5) is 4.41. The second-order valence-corrected chi connectivity index (χ2v) is 6.80. The number of nitrogens with zero attached hydrogens (tertiary/aromatic N) is 1. The number of hydrogen-bond donors (Lipinski definition) is 1. The van der Waals surface area contributed by atoms with E-state index in [0.717, 1.165) is 22.2 Å². The molecule has 0 fully saturated rings. The third-order valence-corrected chi connectivity index (χ3v) is 5.10. The number of sulfonamides is 1. The lowest BCUT2D eigenvalue weighted by atomic mass is 10.1. The van der Waals surface area contributed by atoms with E-state index in [9.17, 15) is 8.42 Å². The minimum absolute atomic E-state index is 0.321. The van der Waals surface area contributed by atoms with Gasteiger partial charge in [-0.2, -0.15) is 0 Å². The molecule has 5 nitrogen and oxygen atoms in total. The number of hydrogen-bond acceptors (Lipinski definition) is 4. The highest BCUT2D eigenvalue weighted by Crippen LogP contribution is 2.16. The molecule has 1 heterocycles. The van der Waals surface area contributed by atoms with Gasteiger partial charge in [-0.15, -0.1) is 0 Å². The predicted molar refractivity (Wildman–Crippen MR) is 84.1 cm³/mol. The van der Waals surface area contributed by atoms with Crippen molar-refractivity contribution in [3.05, 3.63) is 60.0 Å². The van der Waals surface area contributed by atoms with E-state index >= 15 is 0 Å². The van der Waals surface area contributed by atoms with E-state index in [4.69, 9.17) is 4.42 Å². The van der Waals surface area contributed by atoms with Crippen molar-refractivity contribution >= 4 is 21.1 Å². The number of aromatic nitrogens is 1. The van der Waals surface area contributed by atoms with E-state index in [2.05, 4.69) is 9.71 Å². The Hall–Kier alpha value is -2.18. The summed E-state index contributed by atoms with van der Waals surface area (Å²) in [6.45, 7) is 2.12. The highest BCUT2D eigenvalue weighted by Gasteiger charge is 2.15. The number of benzene rings is 2. The highest BCUT2D eigenvalue weighted by atomic mass is 32.2. The minimum atomic E-state index is -3.48. The van der Waals surface area contributed by atoms with E-state index in [-0.39, 0.29) is 0 Å². The molecule has 22 heavy (non-hydrogen) atoms. The van der Waals surface area contributed by atoms with E-state index in [1.165, 1.54) is 6.39 Å². The highest BCUT2D eigenvalue weighted by molar-refractivity contribution is 7.89. The van der Waals surface area contributed by atoms with Gasteiger partial charge in [-0.1, -0.05) is 24.3 Å². The summed E-state index contributed by atoms with van der Waals surface area (Å²) >= 11 is 0. The van der Waals surface area contributed by atoms with Gasteiger partial charge in [0.05, 0.1) is 4.90 Å². The number of rotatable bonds is 5. The Labute approximate surface area is 129 Å². The molecule has 0 bridgehead atoms. The normalized spacial score (nSPS) is 11.9. The van der Waals surface area contributed by atoms with Gasteiger partial charge in [0.25, 0.3) is 0 Å². The van der Waals surface area contributed by atoms with Crippen LogP contribution in [0.2, 0.25) is 0 Å². The lowest BCUT2D eigenvalue weighted by Crippen LogP contribution is -2.26. The zero-order valence-electron chi connectivity index (χ0n) is 12.1. The van der Waals surface area contributed by atoms with Crippen molar-refractivity contribution in [3.63, 3.8) is 0 Å². The lowest BCUT2D eigenvalue weighted by Gasteiger charge is -2.09. The first-order chi connectivity index (χ1) is 10.6. The molecular formula is C16H16N2O3S. The Morgan fingerprint density at radius 3 is 2.82 bits per heavy atom. The SMILES string of the molecule is Cc1ccccc1S(=O)(=O)NCCc1ccc2ocnc2c1. The molecule has 3 aromatic rings. The maximum atomic E-state index is 12.3. The average molecular weight is 316 g/mol. The maximum absolute atomic E-state index is 12.3. The quantitative estimate of drug-likeness (QED) is 0.785. The van der Waals surface area contributed by atoms with Crippen molar-refractivity contribution in [1.82, 2.24) is 9.71 Å². The fourth-order valence-corrected chi connectivity index (χ4v) is 3.60. The van der Waals surface area contributed by atoms with E-state index in [1.54, 1.807) is 25.1 Å². The van der Waals surface area contributed by atoms with Crippen LogP contribution in [0.25, 0.3) is 11.1 Å². The van der Waals surface area contributed by atoms with Crippen molar-refractivity contribution in [2.75, 3.05) is 6.54 Å². The van der Waals surface area contributed by atoms with Gasteiger partial charge in [0.15, 0.2) is 12.0 Å². The second-order valence-electron chi connectivity index (χ2n) is 5.07. The summed E-state index contributed by atoms with van der Waals surface area (Å²) in [6, 6.07) is 12.6. The molecule has 0 aliphatic carbocycles. The first-order valence-corrected chi connectivity index (χ1v) is 8.42. The van der Waals surface area contributed by atoms with Crippen LogP contribution in [-0.2, 0) is 16.4 Å². The predicted octanol–water partition coefficient (Wildman–Crippen LogP) is 2.66. The molecule has 0 saturated heterocycles. The molecule has 0 aliphatic rings. The topological polar surface area (TPSA) is 72.2 Å². The molecule has 0 unspecified atom stereocenters. The zero-order valence-corrected chi connectivity index (χ0v) is 12.9. The Morgan fingerprint density at radius 1 is 1.18 bits per heavy atom. The number of oxazole rings is 1. The number of nitrogens with one attached hydrogen (secondary N) is 1. The molecule has 114 valence electrons. The first kappa shape index (κ1) is 14.7. The maximum Gasteiger partial charge on any atom is 0.240 e. The monoisotopic (exact) mass is 316 g/mol. The van der Waals surface area contributed by atoms with Crippen LogP contribution in [0.3, 0.4) is 0 Å². The van der Waals surface area contributed by atoms with Crippen LogP contribution in [-0.4, -0.2) is 19.9 Å². The van der Waals surface area contributed by atoms with Crippen LogP contribution >= 0.6 is 0 Å². The third-order valence-electron chi connectivity index (χ3n) is 3.48. The van der Waals surface area contributed by atoms with Gasteiger partial charge in [0, 0.05) is 6.54 Å². The van der Waals surface area contributed by atoms with Gasteiger partial charge >= 0.3 is 0 Å². The average Bonchev–Trinajstić information content (AvgIpc) is 2.95. The molecule has 1 N–H and O–H groups in total. The van der Waals surface area contributed by atoms with E-state index < -0.39 is 10.0 Å². The molecule has 0 saturated carbocycles. The Bertz CT molecular complexity index is 900. The fraction of sp³-hybridized carbons (Fsp3) is 0.188. The van der Waals surface area contributed by atoms with Crippen molar-refractivity contribution in [3.8, 4) is 0 Å². The molecular weight excluding hydrogens is 300 g/mol. The second kappa shape index (κ2) is 5.90. The fourth-order valence-electron chi connectivity index (χ4n) is 2.32. The summed E-state index contributed by atoms with van der Waals surface area (Å²) < 4.78 is 32.4. The van der Waals surface area contributed by atoms with E-state index in [1.807, 2.05) is 24.3 Å². The van der Waals surface area contributed by atoms with Crippen LogP contribution in [0, 0.1) is 6.92 Å². The zero-order chi connectivity index (χ0) is 15.6. The van der Waals surface area contributed by atoms with Crippen molar-refractivity contribution in [2.45, 2.75) is 18.2 Å². The minimum Gasteiger partial charge on any atom is -0.443 e. The lowest BCUT2D eigenvalue weighted by molar-refractivity contribution is 0.581. The van der Waals surface area contributed by atoms with Gasteiger partial charge in [-0.25, -0.2) is 18.1 Å². The van der Waals surface area contributed by atoms with Crippen molar-refractivity contribution in [2.24, 2.45) is 0 Å². The van der Waals surface area contributed by atoms with Crippen LogP contribution < -0.4 is 4.72 Å². The van der Waals surface area contributed by atoms with Crippen LogP contribution in [0.15, 0.2) is 58.2 Å². The molecule has 2 aromatic carbocycles. The molecule has 0 radical (unpaired) electrons. The van der Waals surface area contributed by atoms with Gasteiger partial charge in [-0.3, -0.25) is 0 Å². The third kappa shape index (κ3) is 3.03. The smallest absolute Gasteiger partial charge is 0.240 e. The number of fused-ring (bicyclic) bond motifs is 1. The number of aryl methyl sites for hydroxylation is 1. The van der Waals surface area contributed by atoms with E-state index in [0.29, 0.717) is 17.9 Å². The Morgan fingerprint density at radius 2 is 2.00 bits per heavy atom. The van der Waals surface area contributed by atoms with Gasteiger partial charge in [-0.05, 0) is 42.7 Å². The molecule has 1 aromatic heterocycles. The summed E-state index contributed by atoms with van der Waals surface area (Å²) in [5.74, 6) is 0. The Kier molecular flexibility index (Phi) is 3.96. The van der Waals surface area contributed by atoms with Crippen LogP contribution in [0.1, 0.15) is 11.1 Å². The Balaban J connectivity index is 1.68. The van der Waals surface area contributed by atoms with Gasteiger partial charge in [0.2, 0.25) is 10.0 Å². The largest absolute Gasteiger partial charge is 0.443 e. The summed E-state index contributed by atoms with van der Waals surface area (Å²) in [5.41, 5.74) is 3.25. The van der Waals surface area contributed by atoms with Crippen molar-refractivity contribution in [1.29, 1.82) is 0 Å². The molecule has 0 aliphatic heterocycles. The molecule has 3 rings (SSSR count). The van der Waals surface area contributed by atoms with Gasteiger partial charge < -0.3 is 4.42 Å². The summed E-state index contributed by atoms with van der Waals surface area (Å²) in [5, 5.41) is 0. The molecule has 0 amide bonds. The van der Waals surface area contributed by atoms with Gasteiger partial charge in [0.1, 0.15) is 5.52 Å². The molecule has 0 spiro atoms. The molecule has 6 heteroatoms.